The van der Waals surface area contributed by atoms with Gasteiger partial charge >= 0.3 is 0 Å². The first-order valence-electron chi connectivity index (χ1n) is 12.8. The van der Waals surface area contributed by atoms with Gasteiger partial charge in [0.25, 0.3) is 5.91 Å². The molecule has 1 saturated carbocycles. The summed E-state index contributed by atoms with van der Waals surface area (Å²) in [6.07, 6.45) is 16.1. The number of hydrogen-bond donors (Lipinski definition) is 2. The van der Waals surface area contributed by atoms with Gasteiger partial charge in [-0.1, -0.05) is 11.8 Å². The van der Waals surface area contributed by atoms with Gasteiger partial charge in [-0.3, -0.25) is 14.7 Å². The molecule has 10 nitrogen and oxygen atoms in total. The standard InChI is InChI=1S/C29H26N8O2/c1-3-10-35-11-9-23-26(30-25-17-24(33-34-25)20-5-6-20)31-29(32-27(23)35)37-14-12-36(13-15-37)28(39)21-7-8-22(18-38)19(4-2)16-21/h1-2,7-9,11,16-18,20H,5-6,10,12-15H2,(H2,30,31,32,33,34). The van der Waals surface area contributed by atoms with E-state index in [2.05, 4.69) is 32.3 Å². The smallest absolute Gasteiger partial charge is 0.254 e. The van der Waals surface area contributed by atoms with Crippen molar-refractivity contribution in [2.45, 2.75) is 25.3 Å². The van der Waals surface area contributed by atoms with Crippen LogP contribution in [0.25, 0.3) is 11.0 Å². The average Bonchev–Trinajstić information content (AvgIpc) is 3.59. The number of H-pyrrole nitrogens is 1. The summed E-state index contributed by atoms with van der Waals surface area (Å²) in [6.45, 7) is 2.46. The second-order valence-corrected chi connectivity index (χ2v) is 9.71. The van der Waals surface area contributed by atoms with Gasteiger partial charge in [0.05, 0.1) is 11.9 Å². The molecule has 39 heavy (non-hydrogen) atoms. The molecule has 1 amide bonds. The predicted octanol–water partition coefficient (Wildman–Crippen LogP) is 3.16. The lowest BCUT2D eigenvalue weighted by atomic mass is 10.0. The highest BCUT2D eigenvalue weighted by Gasteiger charge is 2.27. The van der Waals surface area contributed by atoms with Crippen molar-refractivity contribution >= 4 is 40.8 Å². The number of carbonyl (C=O) groups excluding carboxylic acids is 2. The molecular formula is C29H26N8O2. The second kappa shape index (κ2) is 9.99. The fourth-order valence-corrected chi connectivity index (χ4v) is 4.85. The lowest BCUT2D eigenvalue weighted by Crippen LogP contribution is -2.49. The van der Waals surface area contributed by atoms with Crippen LogP contribution in [0.5, 0.6) is 0 Å². The number of amides is 1. The Kier molecular flexibility index (Phi) is 6.22. The largest absolute Gasteiger partial charge is 0.337 e. The number of nitrogens with zero attached hydrogens (tertiary/aromatic N) is 6. The molecule has 1 aliphatic carbocycles. The van der Waals surface area contributed by atoms with E-state index in [0.29, 0.717) is 79.2 Å². The Morgan fingerprint density at radius 1 is 1.13 bits per heavy atom. The summed E-state index contributed by atoms with van der Waals surface area (Å²) in [5.74, 6) is 7.49. The summed E-state index contributed by atoms with van der Waals surface area (Å²) in [5.41, 5.74) is 3.12. The zero-order chi connectivity index (χ0) is 26.9. The molecule has 2 N–H and O–H groups in total. The Morgan fingerprint density at radius 3 is 2.67 bits per heavy atom. The Balaban J connectivity index is 1.23. The molecule has 194 valence electrons. The van der Waals surface area contributed by atoms with E-state index in [0.717, 1.165) is 16.7 Å². The van der Waals surface area contributed by atoms with Gasteiger partial charge in [0.2, 0.25) is 5.95 Å². The molecule has 0 atom stereocenters. The lowest BCUT2D eigenvalue weighted by molar-refractivity contribution is 0.0746. The van der Waals surface area contributed by atoms with Crippen LogP contribution in [-0.2, 0) is 6.54 Å². The third-order valence-corrected chi connectivity index (χ3v) is 7.16. The topological polar surface area (TPSA) is 112 Å². The molecule has 2 fully saturated rings. The van der Waals surface area contributed by atoms with Gasteiger partial charge in [-0.15, -0.1) is 12.8 Å². The van der Waals surface area contributed by atoms with Gasteiger partial charge in [-0.2, -0.15) is 15.1 Å². The number of aromatic nitrogens is 5. The maximum Gasteiger partial charge on any atom is 0.254 e. The van der Waals surface area contributed by atoms with Gasteiger partial charge in [-0.25, -0.2) is 0 Å². The van der Waals surface area contributed by atoms with Crippen LogP contribution < -0.4 is 10.2 Å². The van der Waals surface area contributed by atoms with Crippen molar-refractivity contribution in [2.75, 3.05) is 36.4 Å². The van der Waals surface area contributed by atoms with Crippen molar-refractivity contribution < 1.29 is 9.59 Å². The Bertz CT molecular complexity index is 1660. The molecule has 1 aromatic carbocycles. The first kappa shape index (κ1) is 24.3. The third kappa shape index (κ3) is 4.69. The molecule has 3 aromatic heterocycles. The van der Waals surface area contributed by atoms with Crippen LogP contribution in [0.2, 0.25) is 0 Å². The maximum atomic E-state index is 13.2. The van der Waals surface area contributed by atoms with Gasteiger partial charge in [0.15, 0.2) is 12.1 Å². The molecule has 0 bridgehead atoms. The highest BCUT2D eigenvalue weighted by molar-refractivity contribution is 5.96. The molecule has 6 rings (SSSR count). The normalized spacial score (nSPS) is 15.1. The van der Waals surface area contributed by atoms with Crippen LogP contribution >= 0.6 is 0 Å². The molecular weight excluding hydrogens is 492 g/mol. The number of aromatic amines is 1. The zero-order valence-electron chi connectivity index (χ0n) is 21.2. The number of rotatable bonds is 7. The Hall–Kier alpha value is -5.09. The number of benzene rings is 1. The Labute approximate surface area is 225 Å². The van der Waals surface area contributed by atoms with E-state index in [-0.39, 0.29) is 5.91 Å². The monoisotopic (exact) mass is 518 g/mol. The maximum absolute atomic E-state index is 13.2. The quantitative estimate of drug-likeness (QED) is 0.286. The van der Waals surface area contributed by atoms with E-state index in [4.69, 9.17) is 22.8 Å². The van der Waals surface area contributed by atoms with Gasteiger partial charge in [-0.05, 0) is 37.1 Å². The molecule has 1 saturated heterocycles. The van der Waals surface area contributed by atoms with Crippen molar-refractivity contribution in [1.29, 1.82) is 0 Å². The van der Waals surface area contributed by atoms with Gasteiger partial charge < -0.3 is 19.7 Å². The van der Waals surface area contributed by atoms with Crippen molar-refractivity contribution in [3.63, 3.8) is 0 Å². The summed E-state index contributed by atoms with van der Waals surface area (Å²) >= 11 is 0. The van der Waals surface area contributed by atoms with Crippen LogP contribution in [-0.4, -0.2) is 68.0 Å². The lowest BCUT2D eigenvalue weighted by Gasteiger charge is -2.35. The minimum Gasteiger partial charge on any atom is -0.337 e. The SMILES string of the molecule is C#CCn1ccc2c(Nc3cc(C4CC4)[nH]n3)nc(N3CCN(C(=O)c4ccc(C=O)c(C#C)c4)CC3)nc21. The van der Waals surface area contributed by atoms with Crippen LogP contribution in [0, 0.1) is 24.7 Å². The van der Waals surface area contributed by atoms with Crippen molar-refractivity contribution in [3.8, 4) is 24.7 Å². The van der Waals surface area contributed by atoms with Gasteiger partial charge in [0.1, 0.15) is 11.5 Å². The fourth-order valence-electron chi connectivity index (χ4n) is 4.85. The molecule has 0 spiro atoms. The highest BCUT2D eigenvalue weighted by atomic mass is 16.2. The molecule has 0 unspecified atom stereocenters. The van der Waals surface area contributed by atoms with Crippen LogP contribution in [0.15, 0.2) is 36.5 Å². The number of anilines is 3. The number of aldehydes is 1. The number of hydrogen-bond acceptors (Lipinski definition) is 7. The summed E-state index contributed by atoms with van der Waals surface area (Å²) in [7, 11) is 0. The average molecular weight is 519 g/mol. The molecule has 1 aliphatic heterocycles. The minimum absolute atomic E-state index is 0.129. The van der Waals surface area contributed by atoms with Crippen molar-refractivity contribution in [2.24, 2.45) is 0 Å². The number of piperazine rings is 1. The summed E-state index contributed by atoms with van der Waals surface area (Å²) < 4.78 is 1.91. The van der Waals surface area contributed by atoms with E-state index in [1.165, 1.54) is 12.8 Å². The first-order valence-corrected chi connectivity index (χ1v) is 12.8. The van der Waals surface area contributed by atoms with Crippen LogP contribution in [0.3, 0.4) is 0 Å². The first-order chi connectivity index (χ1) is 19.1. The minimum atomic E-state index is -0.129. The Morgan fingerprint density at radius 2 is 1.95 bits per heavy atom. The van der Waals surface area contributed by atoms with Crippen LogP contribution in [0.4, 0.5) is 17.6 Å². The third-order valence-electron chi connectivity index (χ3n) is 7.16. The predicted molar refractivity (Wildman–Crippen MR) is 148 cm³/mol. The summed E-state index contributed by atoms with van der Waals surface area (Å²) in [6, 6.07) is 8.79. The molecule has 2 aliphatic rings. The zero-order valence-corrected chi connectivity index (χ0v) is 21.2. The fraction of sp³-hybridized carbons (Fsp3) is 0.276. The number of fused-ring (bicyclic) bond motifs is 1. The van der Waals surface area contributed by atoms with E-state index in [1.807, 2.05) is 22.9 Å². The number of terminal acetylenes is 2. The summed E-state index contributed by atoms with van der Waals surface area (Å²) in [4.78, 5) is 37.9. The van der Waals surface area contributed by atoms with E-state index in [9.17, 15) is 9.59 Å². The van der Waals surface area contributed by atoms with Crippen LogP contribution in [0.1, 0.15) is 50.7 Å². The molecule has 4 heterocycles. The molecule has 10 heteroatoms. The summed E-state index contributed by atoms with van der Waals surface area (Å²) in [5, 5.41) is 11.8. The second-order valence-electron chi connectivity index (χ2n) is 9.71. The van der Waals surface area contributed by atoms with E-state index >= 15 is 0 Å². The number of carbonyl (C=O) groups is 2. The highest BCUT2D eigenvalue weighted by Crippen LogP contribution is 2.40. The molecule has 0 radical (unpaired) electrons. The van der Waals surface area contributed by atoms with Crippen molar-refractivity contribution in [3.05, 3.63) is 58.9 Å². The van der Waals surface area contributed by atoms with Crippen molar-refractivity contribution in [1.82, 2.24) is 29.6 Å². The van der Waals surface area contributed by atoms with Gasteiger partial charge in [0, 0.05) is 66.7 Å². The van der Waals surface area contributed by atoms with E-state index in [1.54, 1.807) is 23.1 Å². The van der Waals surface area contributed by atoms with E-state index < -0.39 is 0 Å². The number of nitrogens with one attached hydrogen (secondary N) is 2. The molecule has 4 aromatic rings.